The van der Waals surface area contributed by atoms with Crippen molar-refractivity contribution in [3.8, 4) is 0 Å². The number of hydrogen-bond acceptors (Lipinski definition) is 7. The average Bonchev–Trinajstić information content (AvgIpc) is 3.16. The van der Waals surface area contributed by atoms with Crippen LogP contribution in [0.15, 0.2) is 30.3 Å². The average molecular weight is 466 g/mol. The number of benzene rings is 1. The maximum Gasteiger partial charge on any atom is 0.327 e. The monoisotopic (exact) mass is 465 g/mol. The number of nitrogens with zero attached hydrogens (tertiary/aromatic N) is 1. The summed E-state index contributed by atoms with van der Waals surface area (Å²) in [6.45, 7) is 2.93. The van der Waals surface area contributed by atoms with Crippen molar-refractivity contribution in [2.45, 2.75) is 38.3 Å². The Morgan fingerprint density at radius 2 is 2.00 bits per heavy atom. The summed E-state index contributed by atoms with van der Waals surface area (Å²) in [5.74, 6) is -2.84. The van der Waals surface area contributed by atoms with Crippen LogP contribution in [0.25, 0.3) is 0 Å². The van der Waals surface area contributed by atoms with Crippen molar-refractivity contribution < 1.29 is 29.0 Å². The van der Waals surface area contributed by atoms with E-state index >= 15 is 0 Å². The predicted molar refractivity (Wildman–Crippen MR) is 116 cm³/mol. The fourth-order valence-electron chi connectivity index (χ4n) is 3.77. The number of methoxy groups -OCH3 is 1. The summed E-state index contributed by atoms with van der Waals surface area (Å²) < 4.78 is 10.1. The van der Waals surface area contributed by atoms with E-state index in [1.54, 1.807) is 19.1 Å². The van der Waals surface area contributed by atoms with Crippen LogP contribution in [0.3, 0.4) is 0 Å². The van der Waals surface area contributed by atoms with Gasteiger partial charge in [0, 0.05) is 27.9 Å². The topological polar surface area (TPSA) is 93.1 Å². The summed E-state index contributed by atoms with van der Waals surface area (Å²) in [4.78, 5) is 40.0. The summed E-state index contributed by atoms with van der Waals surface area (Å²) in [6, 6.07) is 8.37. The van der Waals surface area contributed by atoms with Crippen molar-refractivity contribution in [3.05, 3.63) is 56.2 Å². The number of carboxylic acids is 1. The number of rotatable bonds is 8. The van der Waals surface area contributed by atoms with E-state index in [0.717, 1.165) is 10.4 Å². The van der Waals surface area contributed by atoms with E-state index in [4.69, 9.17) is 21.1 Å². The van der Waals surface area contributed by atoms with Gasteiger partial charge < -0.3 is 14.6 Å². The molecule has 0 saturated heterocycles. The van der Waals surface area contributed by atoms with Gasteiger partial charge in [-0.05, 0) is 36.6 Å². The number of hydrogen-bond donors (Lipinski definition) is 1. The second-order valence-corrected chi connectivity index (χ2v) is 8.74. The molecule has 1 aromatic heterocycles. The number of halogens is 1. The smallest absolute Gasteiger partial charge is 0.327 e. The first kappa shape index (κ1) is 23.2. The standard InChI is InChI=1S/C22H24ClNO6S/c1-3-30-21(27)15(11-19(25)26)18-10-13-12-24(9-8-17(13)31-18)20(22(28)29-2)14-6-4-5-7-16(14)23/h4-7,10,15,20H,3,8-9,11-12H2,1-2H3,(H,25,26)/t15-,20?/m1/s1. The van der Waals surface area contributed by atoms with Gasteiger partial charge in [0.1, 0.15) is 12.0 Å². The molecule has 1 unspecified atom stereocenters. The first-order valence-corrected chi connectivity index (χ1v) is 11.1. The van der Waals surface area contributed by atoms with Crippen molar-refractivity contribution >= 4 is 40.8 Å². The molecule has 2 heterocycles. The molecule has 1 N–H and O–H groups in total. The number of carbonyl (C=O) groups is 3. The number of fused-ring (bicyclic) bond motifs is 1. The first-order valence-electron chi connectivity index (χ1n) is 9.91. The Labute approximate surface area is 189 Å². The van der Waals surface area contributed by atoms with E-state index in [-0.39, 0.29) is 13.0 Å². The van der Waals surface area contributed by atoms with Crippen molar-refractivity contribution in [2.75, 3.05) is 20.3 Å². The lowest BCUT2D eigenvalue weighted by molar-refractivity contribution is -0.149. The Morgan fingerprint density at radius 1 is 1.26 bits per heavy atom. The van der Waals surface area contributed by atoms with Gasteiger partial charge in [0.05, 0.1) is 20.1 Å². The van der Waals surface area contributed by atoms with E-state index in [2.05, 4.69) is 0 Å². The highest BCUT2D eigenvalue weighted by Crippen LogP contribution is 2.38. The molecule has 0 aliphatic carbocycles. The number of esters is 2. The molecular formula is C22H24ClNO6S. The predicted octanol–water partition coefficient (Wildman–Crippen LogP) is 3.80. The second-order valence-electron chi connectivity index (χ2n) is 7.17. The van der Waals surface area contributed by atoms with Gasteiger partial charge in [-0.2, -0.15) is 0 Å². The van der Waals surface area contributed by atoms with Gasteiger partial charge in [-0.1, -0.05) is 29.8 Å². The number of aliphatic carboxylic acids is 1. The Kier molecular flexibility index (Phi) is 7.69. The minimum Gasteiger partial charge on any atom is -0.481 e. The fraction of sp³-hybridized carbons (Fsp3) is 0.409. The summed E-state index contributed by atoms with van der Waals surface area (Å²) in [5.41, 5.74) is 1.64. The second kappa shape index (κ2) is 10.3. The lowest BCUT2D eigenvalue weighted by Crippen LogP contribution is -2.38. The minimum atomic E-state index is -1.06. The van der Waals surface area contributed by atoms with Gasteiger partial charge in [0.15, 0.2) is 0 Å². The molecular weight excluding hydrogens is 442 g/mol. The normalized spacial score (nSPS) is 15.6. The van der Waals surface area contributed by atoms with E-state index in [1.165, 1.54) is 18.4 Å². The maximum absolute atomic E-state index is 12.6. The number of carboxylic acid groups (broad SMARTS) is 1. The molecule has 2 aromatic rings. The molecule has 0 spiro atoms. The molecule has 0 amide bonds. The SMILES string of the molecule is CCOC(=O)[C@H](CC(=O)O)c1cc2c(s1)CCN(C(C(=O)OC)c1ccccc1Cl)C2. The molecule has 1 aromatic carbocycles. The molecule has 2 atom stereocenters. The van der Waals surface area contributed by atoms with Crippen LogP contribution in [0.2, 0.25) is 5.02 Å². The van der Waals surface area contributed by atoms with E-state index in [1.807, 2.05) is 23.1 Å². The first-order chi connectivity index (χ1) is 14.8. The lowest BCUT2D eigenvalue weighted by atomic mass is 9.99. The zero-order valence-electron chi connectivity index (χ0n) is 17.3. The molecule has 0 bridgehead atoms. The van der Waals surface area contributed by atoms with Crippen LogP contribution in [0.4, 0.5) is 0 Å². The highest BCUT2D eigenvalue weighted by atomic mass is 35.5. The van der Waals surface area contributed by atoms with E-state index in [0.29, 0.717) is 35.0 Å². The fourth-order valence-corrected chi connectivity index (χ4v) is 5.26. The Hall–Kier alpha value is -2.42. The van der Waals surface area contributed by atoms with Gasteiger partial charge in [-0.15, -0.1) is 11.3 Å². The van der Waals surface area contributed by atoms with Crippen LogP contribution >= 0.6 is 22.9 Å². The summed E-state index contributed by atoms with van der Waals surface area (Å²) in [7, 11) is 1.35. The van der Waals surface area contributed by atoms with Gasteiger partial charge in [0.25, 0.3) is 0 Å². The van der Waals surface area contributed by atoms with E-state index < -0.39 is 29.9 Å². The number of carbonyl (C=O) groups excluding carboxylic acids is 2. The molecule has 3 rings (SSSR count). The largest absolute Gasteiger partial charge is 0.481 e. The quantitative estimate of drug-likeness (QED) is 0.592. The third-order valence-electron chi connectivity index (χ3n) is 5.20. The molecule has 31 heavy (non-hydrogen) atoms. The van der Waals surface area contributed by atoms with Crippen molar-refractivity contribution in [1.29, 1.82) is 0 Å². The summed E-state index contributed by atoms with van der Waals surface area (Å²) >= 11 is 7.79. The van der Waals surface area contributed by atoms with Crippen molar-refractivity contribution in [3.63, 3.8) is 0 Å². The highest BCUT2D eigenvalue weighted by Gasteiger charge is 2.35. The number of ether oxygens (including phenoxy) is 2. The Balaban J connectivity index is 1.89. The molecule has 0 saturated carbocycles. The van der Waals surface area contributed by atoms with Crippen LogP contribution in [-0.4, -0.2) is 48.2 Å². The molecule has 1 aliphatic rings. The van der Waals surface area contributed by atoms with Gasteiger partial charge in [-0.3, -0.25) is 14.5 Å². The molecule has 166 valence electrons. The number of thiophene rings is 1. The van der Waals surface area contributed by atoms with Crippen LogP contribution in [0.5, 0.6) is 0 Å². The van der Waals surface area contributed by atoms with Crippen LogP contribution in [-0.2, 0) is 36.8 Å². The third kappa shape index (κ3) is 5.26. The van der Waals surface area contributed by atoms with E-state index in [9.17, 15) is 19.5 Å². The minimum absolute atomic E-state index is 0.187. The van der Waals surface area contributed by atoms with Crippen LogP contribution in [0, 0.1) is 0 Å². The molecule has 0 fully saturated rings. The van der Waals surface area contributed by atoms with Crippen LogP contribution < -0.4 is 0 Å². The summed E-state index contributed by atoms with van der Waals surface area (Å²) in [5, 5.41) is 9.73. The highest BCUT2D eigenvalue weighted by molar-refractivity contribution is 7.12. The lowest BCUT2D eigenvalue weighted by Gasteiger charge is -2.33. The maximum atomic E-state index is 12.6. The Morgan fingerprint density at radius 3 is 2.65 bits per heavy atom. The van der Waals surface area contributed by atoms with Crippen molar-refractivity contribution in [1.82, 2.24) is 4.90 Å². The summed E-state index contributed by atoms with van der Waals surface area (Å²) in [6.07, 6.45) is 0.340. The zero-order valence-corrected chi connectivity index (χ0v) is 18.9. The Bertz CT molecular complexity index is 975. The van der Waals surface area contributed by atoms with Crippen molar-refractivity contribution in [2.24, 2.45) is 0 Å². The molecule has 7 nitrogen and oxygen atoms in total. The van der Waals surface area contributed by atoms with Gasteiger partial charge >= 0.3 is 17.9 Å². The molecule has 0 radical (unpaired) electrons. The third-order valence-corrected chi connectivity index (χ3v) is 6.89. The zero-order chi connectivity index (χ0) is 22.5. The van der Waals surface area contributed by atoms with Gasteiger partial charge in [-0.25, -0.2) is 4.79 Å². The molecule has 1 aliphatic heterocycles. The molecule has 9 heteroatoms. The van der Waals surface area contributed by atoms with Crippen LogP contribution in [0.1, 0.15) is 46.2 Å². The van der Waals surface area contributed by atoms with Gasteiger partial charge in [0.2, 0.25) is 0 Å².